The predicted octanol–water partition coefficient (Wildman–Crippen LogP) is 11.2. The Hall–Kier alpha value is -6.55. The third kappa shape index (κ3) is 11.3. The lowest BCUT2D eigenvalue weighted by Crippen LogP contribution is -2.48. The topological polar surface area (TPSA) is 124 Å². The van der Waals surface area contributed by atoms with Gasteiger partial charge in [-0.2, -0.15) is 0 Å². The van der Waals surface area contributed by atoms with Gasteiger partial charge in [0, 0.05) is 23.6 Å². The Morgan fingerprint density at radius 2 is 1.16 bits per heavy atom. The van der Waals surface area contributed by atoms with Gasteiger partial charge in [0.05, 0.1) is 13.2 Å². The number of alkyl carbamates (subject to hydrolysis) is 2. The molecule has 0 saturated carbocycles. The van der Waals surface area contributed by atoms with E-state index in [1.165, 1.54) is 0 Å². The first-order valence-corrected chi connectivity index (χ1v) is 22.1. The molecule has 10 heteroatoms. The van der Waals surface area contributed by atoms with Gasteiger partial charge in [0.2, 0.25) is 5.91 Å². The van der Waals surface area contributed by atoms with Gasteiger partial charge in [-0.15, -0.1) is 0 Å². The molecule has 0 unspecified atom stereocenters. The minimum atomic E-state index is -0.889. The fourth-order valence-corrected chi connectivity index (χ4v) is 8.15. The van der Waals surface area contributed by atoms with Crippen molar-refractivity contribution in [3.05, 3.63) is 132 Å². The van der Waals surface area contributed by atoms with Crippen molar-refractivity contribution in [3.63, 3.8) is 0 Å². The highest BCUT2D eigenvalue weighted by Gasteiger charge is 2.30. The molecule has 0 bridgehead atoms. The number of hydrogen-bond donors (Lipinski definition) is 3. The minimum Gasteiger partial charge on any atom is -0.493 e. The predicted molar refractivity (Wildman–Crippen MR) is 250 cm³/mol. The average molecular weight is 850 g/mol. The van der Waals surface area contributed by atoms with E-state index in [1.807, 2.05) is 87.5 Å². The Balaban J connectivity index is 1.04. The quantitative estimate of drug-likeness (QED) is 0.0736. The van der Waals surface area contributed by atoms with Crippen LogP contribution in [-0.2, 0) is 14.3 Å². The molecule has 0 radical (unpaired) electrons. The molecule has 1 aliphatic carbocycles. The van der Waals surface area contributed by atoms with Gasteiger partial charge in [0.15, 0.2) is 0 Å². The van der Waals surface area contributed by atoms with Crippen LogP contribution in [0.5, 0.6) is 11.5 Å². The van der Waals surface area contributed by atoms with E-state index in [1.54, 1.807) is 0 Å². The second-order valence-corrected chi connectivity index (χ2v) is 17.4. The Bertz CT molecular complexity index is 2500. The smallest absolute Gasteiger partial charge is 0.407 e. The number of fused-ring (bicyclic) bond motifs is 5. The molecule has 3 amide bonds. The van der Waals surface area contributed by atoms with Gasteiger partial charge in [-0.3, -0.25) is 4.79 Å². The highest BCUT2D eigenvalue weighted by molar-refractivity contribution is 6.09. The standard InChI is InChI=1S/C53H59N3O7/c1-35(2)29-32-60-46-27-25-36-16-6-8-18-38(36)48(46)49-39-19-9-7-17-37(39)26-28-47(49)61-33-31-54-50(57)45(24-14-15-30-55-51(58)63-53(3,4)5)56-52(59)62-34-44-42-22-12-10-20-40(42)41-21-11-13-23-43(41)44/h6-13,16-23,25-28,35,44-45H,14-15,24,29-34H2,1-5H3,(H,54,57)(H,55,58)(H,56,59)/t45-/m1/s1. The number of rotatable bonds is 18. The molecule has 0 fully saturated rings. The van der Waals surface area contributed by atoms with Crippen molar-refractivity contribution < 1.29 is 33.3 Å². The summed E-state index contributed by atoms with van der Waals surface area (Å²) >= 11 is 0. The molecule has 10 nitrogen and oxygen atoms in total. The van der Waals surface area contributed by atoms with E-state index in [0.29, 0.717) is 44.1 Å². The summed E-state index contributed by atoms with van der Waals surface area (Å²) in [5.41, 5.74) is 5.73. The van der Waals surface area contributed by atoms with Gasteiger partial charge in [-0.1, -0.05) is 123 Å². The lowest BCUT2D eigenvalue weighted by molar-refractivity contribution is -0.123. The van der Waals surface area contributed by atoms with Gasteiger partial charge in [0.1, 0.15) is 36.4 Å². The van der Waals surface area contributed by atoms with Crippen LogP contribution in [-0.4, -0.2) is 62.6 Å². The highest BCUT2D eigenvalue weighted by Crippen LogP contribution is 2.46. The molecule has 0 heterocycles. The minimum absolute atomic E-state index is 0.122. The van der Waals surface area contributed by atoms with Crippen LogP contribution >= 0.6 is 0 Å². The molecule has 0 aromatic heterocycles. The van der Waals surface area contributed by atoms with Crippen LogP contribution in [0.4, 0.5) is 9.59 Å². The first-order chi connectivity index (χ1) is 30.5. The molecule has 3 N–H and O–H groups in total. The summed E-state index contributed by atoms with van der Waals surface area (Å²) in [5.74, 6) is 1.46. The Kier molecular flexibility index (Phi) is 14.5. The third-order valence-corrected chi connectivity index (χ3v) is 11.2. The summed E-state index contributed by atoms with van der Waals surface area (Å²) in [6, 6.07) is 40.1. The number of carbonyl (C=O) groups excluding carboxylic acids is 3. The molecule has 0 saturated heterocycles. The summed E-state index contributed by atoms with van der Waals surface area (Å²) in [6.07, 6.45) is 1.18. The van der Waals surface area contributed by atoms with Crippen molar-refractivity contribution in [2.45, 2.75) is 77.9 Å². The molecule has 6 aromatic rings. The van der Waals surface area contributed by atoms with E-state index < -0.39 is 23.8 Å². The van der Waals surface area contributed by atoms with Crippen molar-refractivity contribution in [2.75, 3.05) is 32.9 Å². The van der Waals surface area contributed by atoms with E-state index >= 15 is 0 Å². The van der Waals surface area contributed by atoms with Gasteiger partial charge in [0.25, 0.3) is 0 Å². The van der Waals surface area contributed by atoms with Crippen LogP contribution in [0.3, 0.4) is 0 Å². The highest BCUT2D eigenvalue weighted by atomic mass is 16.6. The van der Waals surface area contributed by atoms with E-state index in [-0.39, 0.29) is 31.6 Å². The molecule has 0 spiro atoms. The van der Waals surface area contributed by atoms with E-state index in [2.05, 4.69) is 84.4 Å². The number of carbonyl (C=O) groups is 3. The number of ether oxygens (including phenoxy) is 4. The summed E-state index contributed by atoms with van der Waals surface area (Å²) in [4.78, 5) is 39.5. The van der Waals surface area contributed by atoms with E-state index in [0.717, 1.165) is 67.1 Å². The van der Waals surface area contributed by atoms with Crippen molar-refractivity contribution in [3.8, 4) is 33.8 Å². The fourth-order valence-electron chi connectivity index (χ4n) is 8.15. The van der Waals surface area contributed by atoms with Crippen LogP contribution < -0.4 is 25.4 Å². The molecular formula is C53H59N3O7. The van der Waals surface area contributed by atoms with Gasteiger partial charge in [-0.25, -0.2) is 9.59 Å². The van der Waals surface area contributed by atoms with Crippen molar-refractivity contribution >= 4 is 39.6 Å². The first-order valence-electron chi connectivity index (χ1n) is 22.1. The summed E-state index contributed by atoms with van der Waals surface area (Å²) in [6.45, 7) is 11.2. The number of nitrogens with one attached hydrogen (secondary N) is 3. The molecule has 6 aromatic carbocycles. The SMILES string of the molecule is CC(C)CCOc1ccc2ccccc2c1-c1c(OCCNC(=O)[C@@H](CCCCNC(=O)OC(C)(C)C)NC(=O)OCC2c3ccccc3-c3ccccc32)ccc2ccccc12. The van der Waals surface area contributed by atoms with E-state index in [9.17, 15) is 14.4 Å². The Labute approximate surface area is 370 Å². The van der Waals surface area contributed by atoms with Crippen molar-refractivity contribution in [1.29, 1.82) is 0 Å². The molecule has 7 rings (SSSR count). The van der Waals surface area contributed by atoms with Crippen LogP contribution in [0.1, 0.15) is 77.3 Å². The summed E-state index contributed by atoms with van der Waals surface area (Å²) in [7, 11) is 0. The fraction of sp³-hybridized carbons (Fsp3) is 0.340. The molecule has 63 heavy (non-hydrogen) atoms. The number of unbranched alkanes of at least 4 members (excludes halogenated alkanes) is 1. The first kappa shape index (κ1) is 44.5. The molecule has 328 valence electrons. The number of hydrogen-bond acceptors (Lipinski definition) is 7. The molecular weight excluding hydrogens is 791 g/mol. The third-order valence-electron chi connectivity index (χ3n) is 11.2. The van der Waals surface area contributed by atoms with Gasteiger partial charge in [-0.05, 0) is 108 Å². The zero-order valence-electron chi connectivity index (χ0n) is 37.0. The second-order valence-electron chi connectivity index (χ2n) is 17.4. The lowest BCUT2D eigenvalue weighted by atomic mass is 9.92. The van der Waals surface area contributed by atoms with Crippen molar-refractivity contribution in [2.24, 2.45) is 5.92 Å². The largest absolute Gasteiger partial charge is 0.493 e. The lowest BCUT2D eigenvalue weighted by Gasteiger charge is -2.21. The van der Waals surface area contributed by atoms with Crippen molar-refractivity contribution in [1.82, 2.24) is 16.0 Å². The number of amides is 3. The van der Waals surface area contributed by atoms with Gasteiger partial charge < -0.3 is 34.9 Å². The number of benzene rings is 6. The monoisotopic (exact) mass is 849 g/mol. The van der Waals surface area contributed by atoms with Gasteiger partial charge >= 0.3 is 12.2 Å². The summed E-state index contributed by atoms with van der Waals surface area (Å²) in [5, 5.41) is 12.8. The molecule has 1 atom stereocenters. The summed E-state index contributed by atoms with van der Waals surface area (Å²) < 4.78 is 24.2. The van der Waals surface area contributed by atoms with Crippen LogP contribution in [0.2, 0.25) is 0 Å². The maximum atomic E-state index is 13.9. The molecule has 0 aliphatic heterocycles. The van der Waals surface area contributed by atoms with Crippen LogP contribution in [0, 0.1) is 5.92 Å². The van der Waals surface area contributed by atoms with Crippen LogP contribution in [0.25, 0.3) is 43.8 Å². The normalized spacial score (nSPS) is 12.7. The Morgan fingerprint density at radius 1 is 0.603 bits per heavy atom. The zero-order chi connectivity index (χ0) is 44.3. The second kappa shape index (κ2) is 20.5. The maximum absolute atomic E-state index is 13.9. The zero-order valence-corrected chi connectivity index (χ0v) is 37.0. The molecule has 1 aliphatic rings. The maximum Gasteiger partial charge on any atom is 0.407 e. The van der Waals surface area contributed by atoms with E-state index in [4.69, 9.17) is 18.9 Å². The van der Waals surface area contributed by atoms with Crippen LogP contribution in [0.15, 0.2) is 121 Å². The average Bonchev–Trinajstić information content (AvgIpc) is 3.59. The Morgan fingerprint density at radius 3 is 1.75 bits per heavy atom.